The van der Waals surface area contributed by atoms with Crippen LogP contribution in [-0.4, -0.2) is 25.2 Å². The number of carbonyl (C=O) groups is 2. The Labute approximate surface area is 145 Å². The fraction of sp³-hybridized carbons (Fsp3) is 0.600. The van der Waals surface area contributed by atoms with Gasteiger partial charge in [0.25, 0.3) is 0 Å². The highest BCUT2D eigenvalue weighted by molar-refractivity contribution is 5.70. The summed E-state index contributed by atoms with van der Waals surface area (Å²) in [5.41, 5.74) is 2.19. The van der Waals surface area contributed by atoms with E-state index in [0.29, 0.717) is 50.7 Å². The molecule has 0 bridgehead atoms. The minimum absolute atomic E-state index is 0.171. The number of esters is 2. The average Bonchev–Trinajstić information content (AvgIpc) is 2.55. The smallest absolute Gasteiger partial charge is 0.306 e. The maximum Gasteiger partial charge on any atom is 0.306 e. The number of aryl methyl sites for hydroxylation is 2. The molecule has 0 saturated heterocycles. The standard InChI is InChI=1S/C20H30O4/c1-15(2)13-23-19(21)11-9-17-7-5-6-8-18(17)10-12-20(22)24-14-16(3)4/h5-8,15-16H,9-14H2,1-4H3. The Bertz CT molecular complexity index is 473. The lowest BCUT2D eigenvalue weighted by Gasteiger charge is -2.11. The van der Waals surface area contributed by atoms with Crippen LogP contribution < -0.4 is 0 Å². The van der Waals surface area contributed by atoms with Gasteiger partial charge >= 0.3 is 11.9 Å². The third-order valence-electron chi connectivity index (χ3n) is 3.47. The third-order valence-corrected chi connectivity index (χ3v) is 3.47. The second-order valence-electron chi connectivity index (χ2n) is 6.92. The van der Waals surface area contributed by atoms with Crippen molar-refractivity contribution in [2.45, 2.75) is 53.4 Å². The first kappa shape index (κ1) is 20.2. The molecule has 0 aromatic heterocycles. The van der Waals surface area contributed by atoms with Gasteiger partial charge < -0.3 is 9.47 Å². The molecule has 1 aromatic carbocycles. The number of hydrogen-bond acceptors (Lipinski definition) is 4. The minimum atomic E-state index is -0.171. The normalized spacial score (nSPS) is 10.9. The first-order valence-electron chi connectivity index (χ1n) is 8.76. The lowest BCUT2D eigenvalue weighted by molar-refractivity contribution is -0.145. The van der Waals surface area contributed by atoms with Gasteiger partial charge in [0.05, 0.1) is 13.2 Å². The highest BCUT2D eigenvalue weighted by Crippen LogP contribution is 2.14. The van der Waals surface area contributed by atoms with Gasteiger partial charge in [0.1, 0.15) is 0 Å². The predicted octanol–water partition coefficient (Wildman–Crippen LogP) is 3.95. The molecule has 134 valence electrons. The number of hydrogen-bond donors (Lipinski definition) is 0. The van der Waals surface area contributed by atoms with Crippen molar-refractivity contribution in [3.63, 3.8) is 0 Å². The molecule has 0 heterocycles. The second kappa shape index (κ2) is 10.8. The Kier molecular flexibility index (Phi) is 9.13. The van der Waals surface area contributed by atoms with Crippen LogP contribution in [0, 0.1) is 11.8 Å². The largest absolute Gasteiger partial charge is 0.465 e. The lowest BCUT2D eigenvalue weighted by Crippen LogP contribution is -2.12. The van der Waals surface area contributed by atoms with Crippen molar-refractivity contribution in [3.05, 3.63) is 35.4 Å². The quantitative estimate of drug-likeness (QED) is 0.608. The van der Waals surface area contributed by atoms with Crippen molar-refractivity contribution in [1.82, 2.24) is 0 Å². The van der Waals surface area contributed by atoms with Gasteiger partial charge in [0.2, 0.25) is 0 Å². The molecule has 4 heteroatoms. The Morgan fingerprint density at radius 2 is 1.17 bits per heavy atom. The summed E-state index contributed by atoms with van der Waals surface area (Å²) in [4.78, 5) is 23.5. The maximum absolute atomic E-state index is 11.8. The lowest BCUT2D eigenvalue weighted by atomic mass is 9.99. The van der Waals surface area contributed by atoms with Crippen LogP contribution in [0.3, 0.4) is 0 Å². The molecular weight excluding hydrogens is 304 g/mol. The summed E-state index contributed by atoms with van der Waals surface area (Å²) in [7, 11) is 0. The van der Waals surface area contributed by atoms with Crippen LogP contribution in [0.15, 0.2) is 24.3 Å². The minimum Gasteiger partial charge on any atom is -0.465 e. The van der Waals surface area contributed by atoms with Crippen molar-refractivity contribution in [2.24, 2.45) is 11.8 Å². The van der Waals surface area contributed by atoms with Crippen LogP contribution in [0.4, 0.5) is 0 Å². The Morgan fingerprint density at radius 1 is 0.792 bits per heavy atom. The topological polar surface area (TPSA) is 52.6 Å². The van der Waals surface area contributed by atoms with Crippen LogP contribution in [0.25, 0.3) is 0 Å². The molecule has 0 aliphatic carbocycles. The predicted molar refractivity (Wildman–Crippen MR) is 94.7 cm³/mol. The Morgan fingerprint density at radius 3 is 1.50 bits per heavy atom. The summed E-state index contributed by atoms with van der Waals surface area (Å²) < 4.78 is 10.4. The van der Waals surface area contributed by atoms with Gasteiger partial charge in [0.15, 0.2) is 0 Å². The molecular formula is C20H30O4. The van der Waals surface area contributed by atoms with Gasteiger partial charge in [-0.05, 0) is 35.8 Å². The molecule has 1 aromatic rings. The van der Waals surface area contributed by atoms with Crippen LogP contribution in [0.2, 0.25) is 0 Å². The van der Waals surface area contributed by atoms with E-state index >= 15 is 0 Å². The molecule has 0 amide bonds. The van der Waals surface area contributed by atoms with Gasteiger partial charge in [-0.2, -0.15) is 0 Å². The van der Waals surface area contributed by atoms with Gasteiger partial charge in [-0.1, -0.05) is 52.0 Å². The van der Waals surface area contributed by atoms with Crippen molar-refractivity contribution < 1.29 is 19.1 Å². The zero-order chi connectivity index (χ0) is 17.9. The van der Waals surface area contributed by atoms with E-state index in [4.69, 9.17) is 9.47 Å². The van der Waals surface area contributed by atoms with Gasteiger partial charge in [-0.3, -0.25) is 9.59 Å². The van der Waals surface area contributed by atoms with Crippen LogP contribution in [-0.2, 0) is 31.9 Å². The molecule has 0 fully saturated rings. The van der Waals surface area contributed by atoms with E-state index in [1.54, 1.807) is 0 Å². The van der Waals surface area contributed by atoms with E-state index in [-0.39, 0.29) is 11.9 Å². The fourth-order valence-corrected chi connectivity index (χ4v) is 2.18. The SMILES string of the molecule is CC(C)COC(=O)CCc1ccccc1CCC(=O)OCC(C)C. The van der Waals surface area contributed by atoms with E-state index in [0.717, 1.165) is 11.1 Å². The molecule has 0 saturated carbocycles. The second-order valence-corrected chi connectivity index (χ2v) is 6.92. The molecule has 4 nitrogen and oxygen atoms in total. The molecule has 0 spiro atoms. The summed E-state index contributed by atoms with van der Waals surface area (Å²) in [5.74, 6) is 0.348. The van der Waals surface area contributed by atoms with Crippen molar-refractivity contribution in [3.8, 4) is 0 Å². The molecule has 0 aliphatic rings. The van der Waals surface area contributed by atoms with Crippen molar-refractivity contribution in [1.29, 1.82) is 0 Å². The third kappa shape index (κ3) is 8.70. The summed E-state index contributed by atoms with van der Waals surface area (Å²) in [6.07, 6.45) is 1.99. The van der Waals surface area contributed by atoms with Gasteiger partial charge in [-0.15, -0.1) is 0 Å². The molecule has 0 N–H and O–H groups in total. The van der Waals surface area contributed by atoms with Crippen LogP contribution in [0.1, 0.15) is 51.7 Å². The molecule has 0 atom stereocenters. The average molecular weight is 334 g/mol. The summed E-state index contributed by atoms with van der Waals surface area (Å²) in [6.45, 7) is 8.98. The highest BCUT2D eigenvalue weighted by atomic mass is 16.5. The maximum atomic E-state index is 11.8. The highest BCUT2D eigenvalue weighted by Gasteiger charge is 2.10. The molecule has 0 radical (unpaired) electrons. The molecule has 1 rings (SSSR count). The van der Waals surface area contributed by atoms with Crippen molar-refractivity contribution >= 4 is 11.9 Å². The van der Waals surface area contributed by atoms with Crippen LogP contribution >= 0.6 is 0 Å². The zero-order valence-corrected chi connectivity index (χ0v) is 15.3. The van der Waals surface area contributed by atoms with E-state index in [2.05, 4.69) is 0 Å². The van der Waals surface area contributed by atoms with Crippen LogP contribution in [0.5, 0.6) is 0 Å². The van der Waals surface area contributed by atoms with E-state index in [1.807, 2.05) is 52.0 Å². The number of rotatable bonds is 10. The monoisotopic (exact) mass is 334 g/mol. The molecule has 0 unspecified atom stereocenters. The van der Waals surface area contributed by atoms with E-state index < -0.39 is 0 Å². The zero-order valence-electron chi connectivity index (χ0n) is 15.3. The Balaban J connectivity index is 2.46. The number of carbonyl (C=O) groups excluding carboxylic acids is 2. The Hall–Kier alpha value is -1.84. The first-order valence-corrected chi connectivity index (χ1v) is 8.76. The molecule has 0 aliphatic heterocycles. The summed E-state index contributed by atoms with van der Waals surface area (Å²) >= 11 is 0. The summed E-state index contributed by atoms with van der Waals surface area (Å²) in [5, 5.41) is 0. The van der Waals surface area contributed by atoms with Gasteiger partial charge in [-0.25, -0.2) is 0 Å². The van der Waals surface area contributed by atoms with Crippen molar-refractivity contribution in [2.75, 3.05) is 13.2 Å². The fourth-order valence-electron chi connectivity index (χ4n) is 2.18. The van der Waals surface area contributed by atoms with Gasteiger partial charge in [0, 0.05) is 12.8 Å². The van der Waals surface area contributed by atoms with E-state index in [9.17, 15) is 9.59 Å². The molecule has 24 heavy (non-hydrogen) atoms. The number of benzene rings is 1. The number of ether oxygens (including phenoxy) is 2. The van der Waals surface area contributed by atoms with E-state index in [1.165, 1.54) is 0 Å². The first-order chi connectivity index (χ1) is 11.4. The summed E-state index contributed by atoms with van der Waals surface area (Å²) in [6, 6.07) is 7.92.